The van der Waals surface area contributed by atoms with Crippen LogP contribution in [0.1, 0.15) is 48.6 Å². The highest BCUT2D eigenvalue weighted by molar-refractivity contribution is 5.96. The Morgan fingerprint density at radius 1 is 1.05 bits per heavy atom. The van der Waals surface area contributed by atoms with Crippen LogP contribution in [0.2, 0.25) is 0 Å². The van der Waals surface area contributed by atoms with Crippen LogP contribution in [0.15, 0.2) is 60.8 Å². The van der Waals surface area contributed by atoms with Gasteiger partial charge >= 0.3 is 0 Å². The molecule has 188 valence electrons. The number of pyridine rings is 1. The van der Waals surface area contributed by atoms with Crippen LogP contribution in [0.25, 0.3) is 0 Å². The molecule has 0 bridgehead atoms. The Kier molecular flexibility index (Phi) is 7.35. The summed E-state index contributed by atoms with van der Waals surface area (Å²) in [5.41, 5.74) is 3.70. The molecule has 8 heteroatoms. The SMILES string of the molecule is CC(C)(C)C(=O)N(CC(=O)Nc1ccc2c(c1)CC(=O)Nc1ncccc1C2)Cc1ccccc1C#N. The largest absolute Gasteiger partial charge is 0.329 e. The molecule has 4 rings (SSSR count). The number of benzene rings is 2. The summed E-state index contributed by atoms with van der Waals surface area (Å²) in [4.78, 5) is 44.5. The Hall–Kier alpha value is -4.51. The Bertz CT molecular complexity index is 1400. The summed E-state index contributed by atoms with van der Waals surface area (Å²) in [6.45, 7) is 5.36. The molecule has 0 saturated heterocycles. The van der Waals surface area contributed by atoms with Gasteiger partial charge < -0.3 is 15.5 Å². The van der Waals surface area contributed by atoms with Gasteiger partial charge in [-0.15, -0.1) is 0 Å². The van der Waals surface area contributed by atoms with E-state index in [9.17, 15) is 19.6 Å². The van der Waals surface area contributed by atoms with Crippen LogP contribution in [0, 0.1) is 16.7 Å². The van der Waals surface area contributed by atoms with Crippen molar-refractivity contribution in [1.29, 1.82) is 5.26 Å². The van der Waals surface area contributed by atoms with Crippen molar-refractivity contribution in [3.8, 4) is 6.07 Å². The van der Waals surface area contributed by atoms with Crippen molar-refractivity contribution in [3.05, 3.63) is 88.6 Å². The molecule has 0 spiro atoms. The third-order valence-electron chi connectivity index (χ3n) is 6.13. The number of amides is 3. The van der Waals surface area contributed by atoms with Gasteiger partial charge in [-0.1, -0.05) is 51.1 Å². The lowest BCUT2D eigenvalue weighted by Gasteiger charge is -2.29. The van der Waals surface area contributed by atoms with E-state index >= 15 is 0 Å². The van der Waals surface area contributed by atoms with Gasteiger partial charge in [-0.2, -0.15) is 5.26 Å². The summed E-state index contributed by atoms with van der Waals surface area (Å²) < 4.78 is 0. The van der Waals surface area contributed by atoms with Crippen LogP contribution in [-0.2, 0) is 33.8 Å². The number of aromatic nitrogens is 1. The van der Waals surface area contributed by atoms with Gasteiger partial charge in [0.1, 0.15) is 12.4 Å². The van der Waals surface area contributed by atoms with E-state index in [1.165, 1.54) is 4.90 Å². The maximum atomic E-state index is 13.2. The van der Waals surface area contributed by atoms with Crippen LogP contribution in [0.4, 0.5) is 11.5 Å². The quantitative estimate of drug-likeness (QED) is 0.554. The molecule has 2 heterocycles. The summed E-state index contributed by atoms with van der Waals surface area (Å²) in [5.74, 6) is -0.172. The van der Waals surface area contributed by atoms with Crippen molar-refractivity contribution in [2.45, 2.75) is 40.2 Å². The van der Waals surface area contributed by atoms with E-state index in [0.29, 0.717) is 29.1 Å². The summed E-state index contributed by atoms with van der Waals surface area (Å²) in [6, 6.07) is 18.5. The second-order valence-corrected chi connectivity index (χ2v) is 10.1. The highest BCUT2D eigenvalue weighted by atomic mass is 16.2. The molecule has 2 N–H and O–H groups in total. The second-order valence-electron chi connectivity index (χ2n) is 10.1. The van der Waals surface area contributed by atoms with E-state index in [1.807, 2.05) is 18.2 Å². The minimum Gasteiger partial charge on any atom is -0.329 e. The maximum absolute atomic E-state index is 13.2. The number of nitrogens with zero attached hydrogens (tertiary/aromatic N) is 3. The predicted octanol–water partition coefficient (Wildman–Crippen LogP) is 4.05. The van der Waals surface area contributed by atoms with E-state index in [1.54, 1.807) is 63.4 Å². The zero-order valence-electron chi connectivity index (χ0n) is 21.2. The molecule has 0 saturated carbocycles. The first-order valence-corrected chi connectivity index (χ1v) is 12.1. The monoisotopic (exact) mass is 495 g/mol. The number of anilines is 2. The summed E-state index contributed by atoms with van der Waals surface area (Å²) in [7, 11) is 0. The number of fused-ring (bicyclic) bond motifs is 2. The third-order valence-corrected chi connectivity index (χ3v) is 6.13. The molecule has 1 aliphatic heterocycles. The van der Waals surface area contributed by atoms with Gasteiger partial charge in [0.15, 0.2) is 0 Å². The highest BCUT2D eigenvalue weighted by Crippen LogP contribution is 2.26. The van der Waals surface area contributed by atoms with Gasteiger partial charge in [-0.05, 0) is 46.5 Å². The number of hydrogen-bond acceptors (Lipinski definition) is 5. The lowest BCUT2D eigenvalue weighted by molar-refractivity contribution is -0.142. The minimum absolute atomic E-state index is 0.144. The van der Waals surface area contributed by atoms with E-state index in [-0.39, 0.29) is 37.2 Å². The first-order chi connectivity index (χ1) is 17.6. The van der Waals surface area contributed by atoms with Crippen molar-refractivity contribution in [1.82, 2.24) is 9.88 Å². The van der Waals surface area contributed by atoms with Crippen molar-refractivity contribution >= 4 is 29.2 Å². The molecule has 0 radical (unpaired) electrons. The van der Waals surface area contributed by atoms with Gasteiger partial charge in [0, 0.05) is 30.3 Å². The molecule has 0 atom stereocenters. The highest BCUT2D eigenvalue weighted by Gasteiger charge is 2.29. The molecule has 1 aromatic heterocycles. The number of carbonyl (C=O) groups is 3. The van der Waals surface area contributed by atoms with Crippen LogP contribution >= 0.6 is 0 Å². The fraction of sp³-hybridized carbons (Fsp3) is 0.276. The van der Waals surface area contributed by atoms with Crippen LogP contribution < -0.4 is 10.6 Å². The summed E-state index contributed by atoms with van der Waals surface area (Å²) >= 11 is 0. The maximum Gasteiger partial charge on any atom is 0.244 e. The number of nitriles is 1. The second kappa shape index (κ2) is 10.6. The molecule has 0 aliphatic carbocycles. The molecule has 37 heavy (non-hydrogen) atoms. The standard InChI is InChI=1S/C29H29N5O3/c1-29(2,3)28(37)34(17-22-8-5-4-7-21(22)16-30)18-26(36)32-24-11-10-19-13-20-9-6-12-31-27(20)33-25(35)15-23(19)14-24/h4-12,14H,13,15,17-18H2,1-3H3,(H,32,36)(H,31,33,35). The first kappa shape index (κ1) is 25.6. The van der Waals surface area contributed by atoms with E-state index in [2.05, 4.69) is 21.7 Å². The number of carbonyl (C=O) groups excluding carboxylic acids is 3. The third kappa shape index (κ3) is 6.19. The van der Waals surface area contributed by atoms with Crippen LogP contribution in [0.5, 0.6) is 0 Å². The summed E-state index contributed by atoms with van der Waals surface area (Å²) in [6.07, 6.45) is 2.42. The Morgan fingerprint density at radius 2 is 1.84 bits per heavy atom. The fourth-order valence-electron chi connectivity index (χ4n) is 4.31. The van der Waals surface area contributed by atoms with Gasteiger partial charge in [-0.25, -0.2) is 4.98 Å². The zero-order chi connectivity index (χ0) is 26.6. The molecule has 3 aromatic rings. The smallest absolute Gasteiger partial charge is 0.244 e. The Balaban J connectivity index is 1.53. The first-order valence-electron chi connectivity index (χ1n) is 12.1. The molecular formula is C29H29N5O3. The number of rotatable bonds is 5. The van der Waals surface area contributed by atoms with Gasteiger partial charge in [-0.3, -0.25) is 14.4 Å². The predicted molar refractivity (Wildman–Crippen MR) is 140 cm³/mol. The molecule has 2 aromatic carbocycles. The van der Waals surface area contributed by atoms with Gasteiger partial charge in [0.25, 0.3) is 0 Å². The number of hydrogen-bond donors (Lipinski definition) is 2. The average Bonchev–Trinajstić information content (AvgIpc) is 2.84. The molecule has 1 aliphatic rings. The lowest BCUT2D eigenvalue weighted by atomic mass is 9.94. The Morgan fingerprint density at radius 3 is 2.59 bits per heavy atom. The van der Waals surface area contributed by atoms with Crippen LogP contribution in [0.3, 0.4) is 0 Å². The van der Waals surface area contributed by atoms with Crippen molar-refractivity contribution in [2.75, 3.05) is 17.2 Å². The zero-order valence-corrected chi connectivity index (χ0v) is 21.2. The lowest BCUT2D eigenvalue weighted by Crippen LogP contribution is -2.43. The topological polar surface area (TPSA) is 115 Å². The van der Waals surface area contributed by atoms with Crippen molar-refractivity contribution in [2.24, 2.45) is 5.41 Å². The van der Waals surface area contributed by atoms with Crippen molar-refractivity contribution in [3.63, 3.8) is 0 Å². The minimum atomic E-state index is -0.705. The van der Waals surface area contributed by atoms with Crippen LogP contribution in [-0.4, -0.2) is 34.2 Å². The van der Waals surface area contributed by atoms with E-state index in [0.717, 1.165) is 16.7 Å². The average molecular weight is 496 g/mol. The molecular weight excluding hydrogens is 466 g/mol. The van der Waals surface area contributed by atoms with Gasteiger partial charge in [0.2, 0.25) is 17.7 Å². The fourth-order valence-corrected chi connectivity index (χ4v) is 4.31. The molecule has 8 nitrogen and oxygen atoms in total. The summed E-state index contributed by atoms with van der Waals surface area (Å²) in [5, 5.41) is 15.2. The molecule has 0 unspecified atom stereocenters. The van der Waals surface area contributed by atoms with Gasteiger partial charge in [0.05, 0.1) is 18.1 Å². The Labute approximate surface area is 216 Å². The molecule has 0 fully saturated rings. The normalized spacial score (nSPS) is 12.6. The number of nitrogens with one attached hydrogen (secondary N) is 2. The van der Waals surface area contributed by atoms with E-state index < -0.39 is 5.41 Å². The van der Waals surface area contributed by atoms with Crippen molar-refractivity contribution < 1.29 is 14.4 Å². The van der Waals surface area contributed by atoms with E-state index in [4.69, 9.17) is 0 Å². The molecule has 3 amide bonds.